The second kappa shape index (κ2) is 4.68. The van der Waals surface area contributed by atoms with Gasteiger partial charge in [0.25, 0.3) is 0 Å². The molecule has 2 rings (SSSR count). The lowest BCUT2D eigenvalue weighted by atomic mass is 10.2. The fourth-order valence-corrected chi connectivity index (χ4v) is 2.26. The lowest BCUT2D eigenvalue weighted by Gasteiger charge is -2.20. The van der Waals surface area contributed by atoms with Crippen molar-refractivity contribution in [3.63, 3.8) is 0 Å². The molecule has 1 fully saturated rings. The highest BCUT2D eigenvalue weighted by Gasteiger charge is 2.51. The molecule has 17 heavy (non-hydrogen) atoms. The molecule has 1 aliphatic rings. The summed E-state index contributed by atoms with van der Waals surface area (Å²) >= 11 is 1.33. The van der Waals surface area contributed by atoms with Gasteiger partial charge in [0.15, 0.2) is 6.10 Å². The first-order chi connectivity index (χ1) is 7.97. The Balaban J connectivity index is 1.92. The van der Waals surface area contributed by atoms with Crippen molar-refractivity contribution in [2.24, 2.45) is 5.92 Å². The molecule has 0 amide bonds. The van der Waals surface area contributed by atoms with Crippen LogP contribution in [0.1, 0.15) is 17.7 Å². The fraction of sp³-hybridized carbons (Fsp3) is 0.545. The van der Waals surface area contributed by atoms with Crippen LogP contribution in [0.3, 0.4) is 0 Å². The van der Waals surface area contributed by atoms with E-state index in [0.29, 0.717) is 17.7 Å². The summed E-state index contributed by atoms with van der Waals surface area (Å²) in [7, 11) is 0. The van der Waals surface area contributed by atoms with Crippen LogP contribution in [0.4, 0.5) is 13.2 Å². The number of thiophene rings is 1. The zero-order valence-corrected chi connectivity index (χ0v) is 9.68. The summed E-state index contributed by atoms with van der Waals surface area (Å²) in [6.07, 6.45) is -5.49. The smallest absolute Gasteiger partial charge is 0.425 e. The quantitative estimate of drug-likeness (QED) is 0.781. The third-order valence-corrected chi connectivity index (χ3v) is 3.41. The van der Waals surface area contributed by atoms with E-state index in [-0.39, 0.29) is 6.42 Å². The predicted molar refractivity (Wildman–Crippen MR) is 56.7 cm³/mol. The van der Waals surface area contributed by atoms with Crippen LogP contribution in [0, 0.1) is 5.92 Å². The summed E-state index contributed by atoms with van der Waals surface area (Å²) in [5.41, 5.74) is 0. The van der Waals surface area contributed by atoms with E-state index in [1.54, 1.807) is 17.5 Å². The maximum absolute atomic E-state index is 12.6. The molecule has 6 heteroatoms. The molecule has 0 bridgehead atoms. The molecule has 1 aliphatic carbocycles. The molecule has 1 saturated carbocycles. The van der Waals surface area contributed by atoms with Crippen LogP contribution in [0.25, 0.3) is 0 Å². The molecule has 0 unspecified atom stereocenters. The number of esters is 1. The van der Waals surface area contributed by atoms with Gasteiger partial charge in [-0.2, -0.15) is 13.2 Å². The molecule has 0 aliphatic heterocycles. The Morgan fingerprint density at radius 2 is 2.24 bits per heavy atom. The van der Waals surface area contributed by atoms with Gasteiger partial charge in [0.1, 0.15) is 0 Å². The van der Waals surface area contributed by atoms with Crippen molar-refractivity contribution in [3.8, 4) is 0 Å². The van der Waals surface area contributed by atoms with Crippen molar-refractivity contribution in [1.29, 1.82) is 0 Å². The molecule has 1 heterocycles. The number of carbonyl (C=O) groups excluding carboxylic acids is 1. The van der Waals surface area contributed by atoms with Crippen LogP contribution in [0.5, 0.6) is 0 Å². The SMILES string of the molecule is O=C(Cc1cccs1)O[C@@H](C1CC1)C(F)(F)F. The van der Waals surface area contributed by atoms with E-state index < -0.39 is 24.2 Å². The topological polar surface area (TPSA) is 26.3 Å². The van der Waals surface area contributed by atoms with Crippen molar-refractivity contribution in [2.45, 2.75) is 31.5 Å². The standard InChI is InChI=1S/C11H11F3O2S/c12-11(13,14)10(7-3-4-7)16-9(15)6-8-2-1-5-17-8/h1-2,5,7,10H,3-4,6H2/t10-/m0/s1. The van der Waals surface area contributed by atoms with Crippen molar-refractivity contribution in [2.75, 3.05) is 0 Å². The zero-order valence-electron chi connectivity index (χ0n) is 8.87. The van der Waals surface area contributed by atoms with Gasteiger partial charge in [-0.05, 0) is 24.3 Å². The minimum absolute atomic E-state index is 0.0863. The lowest BCUT2D eigenvalue weighted by molar-refractivity contribution is -0.226. The van der Waals surface area contributed by atoms with Crippen LogP contribution in [0.2, 0.25) is 0 Å². The number of ether oxygens (including phenoxy) is 1. The maximum atomic E-state index is 12.6. The van der Waals surface area contributed by atoms with Crippen LogP contribution < -0.4 is 0 Å². The Bertz CT molecular complexity index is 382. The summed E-state index contributed by atoms with van der Waals surface area (Å²) < 4.78 is 42.3. The first-order valence-electron chi connectivity index (χ1n) is 5.25. The molecule has 1 aromatic heterocycles. The maximum Gasteiger partial charge on any atom is 0.425 e. The Morgan fingerprint density at radius 1 is 1.53 bits per heavy atom. The van der Waals surface area contributed by atoms with Crippen molar-refractivity contribution >= 4 is 17.3 Å². The van der Waals surface area contributed by atoms with Gasteiger partial charge in [-0.1, -0.05) is 6.07 Å². The molecular formula is C11H11F3O2S. The summed E-state index contributed by atoms with van der Waals surface area (Å²) in [6.45, 7) is 0. The Hall–Kier alpha value is -1.04. The minimum atomic E-state index is -4.45. The first kappa shape index (κ1) is 12.4. The van der Waals surface area contributed by atoms with Crippen molar-refractivity contribution < 1.29 is 22.7 Å². The average Bonchev–Trinajstić information content (AvgIpc) is 2.92. The number of hydrogen-bond donors (Lipinski definition) is 0. The van der Waals surface area contributed by atoms with E-state index in [1.807, 2.05) is 0 Å². The summed E-state index contributed by atoms with van der Waals surface area (Å²) in [4.78, 5) is 12.1. The number of halogens is 3. The van der Waals surface area contributed by atoms with Crippen molar-refractivity contribution in [1.82, 2.24) is 0 Å². The molecule has 0 radical (unpaired) electrons. The molecule has 2 nitrogen and oxygen atoms in total. The average molecular weight is 264 g/mol. The lowest BCUT2D eigenvalue weighted by Crippen LogP contribution is -2.36. The van der Waals surface area contributed by atoms with Gasteiger partial charge in [-0.3, -0.25) is 4.79 Å². The van der Waals surface area contributed by atoms with E-state index in [0.717, 1.165) is 0 Å². The highest BCUT2D eigenvalue weighted by Crippen LogP contribution is 2.42. The molecule has 0 saturated heterocycles. The molecule has 0 aromatic carbocycles. The highest BCUT2D eigenvalue weighted by atomic mass is 32.1. The number of rotatable bonds is 4. The summed E-state index contributed by atoms with van der Waals surface area (Å²) in [6, 6.07) is 3.45. The summed E-state index contributed by atoms with van der Waals surface area (Å²) in [5, 5.41) is 1.77. The fourth-order valence-electron chi connectivity index (χ4n) is 1.57. The van der Waals surface area contributed by atoms with Gasteiger partial charge in [0.05, 0.1) is 6.42 Å². The molecular weight excluding hydrogens is 253 g/mol. The normalized spacial score (nSPS) is 17.8. The van der Waals surface area contributed by atoms with Gasteiger partial charge >= 0.3 is 12.1 Å². The zero-order chi connectivity index (χ0) is 12.5. The van der Waals surface area contributed by atoms with Gasteiger partial charge in [-0.25, -0.2) is 0 Å². The van der Waals surface area contributed by atoms with E-state index in [4.69, 9.17) is 0 Å². The van der Waals surface area contributed by atoms with Crippen LogP contribution >= 0.6 is 11.3 Å². The van der Waals surface area contributed by atoms with E-state index in [1.165, 1.54) is 11.3 Å². The highest BCUT2D eigenvalue weighted by molar-refractivity contribution is 7.10. The number of hydrogen-bond acceptors (Lipinski definition) is 3. The second-order valence-corrected chi connectivity index (χ2v) is 5.08. The molecule has 94 valence electrons. The number of carbonyl (C=O) groups is 1. The molecule has 1 aromatic rings. The predicted octanol–water partition coefficient (Wildman–Crippen LogP) is 3.17. The van der Waals surface area contributed by atoms with E-state index in [2.05, 4.69) is 4.74 Å². The molecule has 0 spiro atoms. The van der Waals surface area contributed by atoms with Gasteiger partial charge in [-0.15, -0.1) is 11.3 Å². The van der Waals surface area contributed by atoms with E-state index >= 15 is 0 Å². The van der Waals surface area contributed by atoms with Crippen LogP contribution in [-0.2, 0) is 16.0 Å². The van der Waals surface area contributed by atoms with Crippen LogP contribution in [-0.4, -0.2) is 18.2 Å². The van der Waals surface area contributed by atoms with E-state index in [9.17, 15) is 18.0 Å². The Labute approximate surface area is 100 Å². The summed E-state index contributed by atoms with van der Waals surface area (Å²) in [5.74, 6) is -1.34. The van der Waals surface area contributed by atoms with Crippen LogP contribution in [0.15, 0.2) is 17.5 Å². The molecule has 1 atom stereocenters. The monoisotopic (exact) mass is 264 g/mol. The second-order valence-electron chi connectivity index (χ2n) is 4.05. The number of alkyl halides is 3. The van der Waals surface area contributed by atoms with Gasteiger partial charge in [0, 0.05) is 10.8 Å². The van der Waals surface area contributed by atoms with Gasteiger partial charge in [0.2, 0.25) is 0 Å². The largest absolute Gasteiger partial charge is 0.452 e. The van der Waals surface area contributed by atoms with Crippen molar-refractivity contribution in [3.05, 3.63) is 22.4 Å². The molecule has 0 N–H and O–H groups in total. The Morgan fingerprint density at radius 3 is 2.71 bits per heavy atom. The third kappa shape index (κ3) is 3.46. The van der Waals surface area contributed by atoms with Gasteiger partial charge < -0.3 is 4.74 Å². The minimum Gasteiger partial charge on any atom is -0.452 e. The first-order valence-corrected chi connectivity index (χ1v) is 6.13. The Kier molecular flexibility index (Phi) is 3.42. The third-order valence-electron chi connectivity index (χ3n) is 2.53.